The zero-order chi connectivity index (χ0) is 24.0. The third-order valence-electron chi connectivity index (χ3n) is 5.97. The standard InChI is InChI=1S/C14H10N2O2.C14H8O2/c15-9-5-1-3-7-11(9)14(18)12-8(13(7)17)4-2-6-10(12)16;15-13-9-5-1-2-6-10(9)14(16)12-8-4-3-7-11(12)13/h1-6H,15-16H2;1-8H. The van der Waals surface area contributed by atoms with Crippen LogP contribution in [0, 0.1) is 0 Å². The number of carbonyl (C=O) groups is 4. The lowest BCUT2D eigenvalue weighted by atomic mass is 9.82. The summed E-state index contributed by atoms with van der Waals surface area (Å²) in [5, 5.41) is 0. The second kappa shape index (κ2) is 7.94. The lowest BCUT2D eigenvalue weighted by molar-refractivity contribution is 0.0979. The Labute approximate surface area is 194 Å². The van der Waals surface area contributed by atoms with Crippen molar-refractivity contribution >= 4 is 34.5 Å². The molecule has 164 valence electrons. The van der Waals surface area contributed by atoms with Gasteiger partial charge in [-0.2, -0.15) is 0 Å². The van der Waals surface area contributed by atoms with Gasteiger partial charge in [-0.15, -0.1) is 0 Å². The van der Waals surface area contributed by atoms with Crippen LogP contribution in [0.4, 0.5) is 11.4 Å². The molecule has 0 fully saturated rings. The molecule has 0 bridgehead atoms. The minimum atomic E-state index is -0.282. The molecular formula is C28H18N2O4. The Bertz CT molecular complexity index is 1390. The Morgan fingerprint density at radius 3 is 1.00 bits per heavy atom. The van der Waals surface area contributed by atoms with E-state index in [9.17, 15) is 19.2 Å². The molecule has 6 heteroatoms. The van der Waals surface area contributed by atoms with E-state index in [1.54, 1.807) is 84.9 Å². The lowest BCUT2D eigenvalue weighted by Gasteiger charge is -2.19. The van der Waals surface area contributed by atoms with Crippen molar-refractivity contribution in [2.75, 3.05) is 11.5 Å². The number of fused-ring (bicyclic) bond motifs is 4. The number of ketones is 4. The highest BCUT2D eigenvalue weighted by Crippen LogP contribution is 2.33. The minimum Gasteiger partial charge on any atom is -0.398 e. The molecule has 2 aliphatic rings. The summed E-state index contributed by atoms with van der Waals surface area (Å²) < 4.78 is 0. The number of hydrogen-bond donors (Lipinski definition) is 2. The van der Waals surface area contributed by atoms with E-state index in [1.165, 1.54) is 0 Å². The SMILES string of the molecule is Nc1cccc2c1C(=O)c1c(N)cccc1C2=O.O=C1c2ccccc2C(=O)c2ccccc21. The van der Waals surface area contributed by atoms with Gasteiger partial charge >= 0.3 is 0 Å². The van der Waals surface area contributed by atoms with E-state index in [0.717, 1.165) is 0 Å². The van der Waals surface area contributed by atoms with Crippen LogP contribution in [-0.4, -0.2) is 23.1 Å². The largest absolute Gasteiger partial charge is 0.398 e. The fourth-order valence-corrected chi connectivity index (χ4v) is 4.34. The van der Waals surface area contributed by atoms with Gasteiger partial charge in [-0.05, 0) is 12.1 Å². The molecule has 0 saturated carbocycles. The van der Waals surface area contributed by atoms with Crippen LogP contribution in [-0.2, 0) is 0 Å². The fraction of sp³-hybridized carbons (Fsp3) is 0. The molecule has 34 heavy (non-hydrogen) atoms. The maximum atomic E-state index is 12.4. The zero-order valence-electron chi connectivity index (χ0n) is 17.9. The first-order valence-electron chi connectivity index (χ1n) is 10.5. The maximum absolute atomic E-state index is 12.4. The molecule has 0 spiro atoms. The van der Waals surface area contributed by atoms with Crippen molar-refractivity contribution in [3.05, 3.63) is 129 Å². The maximum Gasteiger partial charge on any atom is 0.198 e. The third-order valence-corrected chi connectivity index (χ3v) is 5.97. The summed E-state index contributed by atoms with van der Waals surface area (Å²) in [5.74, 6) is -0.619. The fourth-order valence-electron chi connectivity index (χ4n) is 4.34. The first kappa shape index (κ1) is 21.0. The van der Waals surface area contributed by atoms with Crippen molar-refractivity contribution in [2.45, 2.75) is 0 Å². The van der Waals surface area contributed by atoms with Crippen molar-refractivity contribution in [1.29, 1.82) is 0 Å². The van der Waals surface area contributed by atoms with Crippen molar-refractivity contribution in [3.63, 3.8) is 0 Å². The van der Waals surface area contributed by atoms with Gasteiger partial charge in [0, 0.05) is 44.8 Å². The van der Waals surface area contributed by atoms with E-state index in [-0.39, 0.29) is 34.3 Å². The number of anilines is 2. The molecule has 0 unspecified atom stereocenters. The van der Waals surface area contributed by atoms with Crippen LogP contribution in [0.3, 0.4) is 0 Å². The smallest absolute Gasteiger partial charge is 0.198 e. The molecule has 4 aromatic rings. The van der Waals surface area contributed by atoms with Crippen LogP contribution in [0.5, 0.6) is 0 Å². The predicted octanol–water partition coefficient (Wildman–Crippen LogP) is 4.09. The van der Waals surface area contributed by atoms with Crippen molar-refractivity contribution in [1.82, 2.24) is 0 Å². The summed E-state index contributed by atoms with van der Waals surface area (Å²) in [4.78, 5) is 48.9. The van der Waals surface area contributed by atoms with Crippen molar-refractivity contribution in [3.8, 4) is 0 Å². The number of nitrogen functional groups attached to an aromatic ring is 2. The molecule has 4 aromatic carbocycles. The van der Waals surface area contributed by atoms with Crippen LogP contribution in [0.25, 0.3) is 0 Å². The van der Waals surface area contributed by atoms with Gasteiger partial charge in [-0.1, -0.05) is 72.8 Å². The third kappa shape index (κ3) is 3.12. The van der Waals surface area contributed by atoms with Gasteiger partial charge in [0.15, 0.2) is 23.1 Å². The molecule has 4 N–H and O–H groups in total. The van der Waals surface area contributed by atoms with Gasteiger partial charge in [0.25, 0.3) is 0 Å². The molecule has 0 aliphatic heterocycles. The summed E-state index contributed by atoms with van der Waals surface area (Å²) in [6.45, 7) is 0. The van der Waals surface area contributed by atoms with Crippen LogP contribution >= 0.6 is 0 Å². The Morgan fingerprint density at radius 1 is 0.353 bits per heavy atom. The molecule has 0 radical (unpaired) electrons. The molecule has 0 amide bonds. The second-order valence-electron chi connectivity index (χ2n) is 7.95. The minimum absolute atomic E-state index is 0.0641. The van der Waals surface area contributed by atoms with Gasteiger partial charge in [0.2, 0.25) is 0 Å². The average Bonchev–Trinajstić information content (AvgIpc) is 2.86. The Kier molecular flexibility index (Phi) is 4.91. The van der Waals surface area contributed by atoms with Crippen LogP contribution < -0.4 is 11.5 Å². The number of hydrogen-bond acceptors (Lipinski definition) is 6. The Balaban J connectivity index is 0.000000142. The topological polar surface area (TPSA) is 120 Å². The van der Waals surface area contributed by atoms with E-state index >= 15 is 0 Å². The van der Waals surface area contributed by atoms with E-state index in [0.29, 0.717) is 44.8 Å². The van der Waals surface area contributed by atoms with E-state index in [2.05, 4.69) is 0 Å². The summed E-state index contributed by atoms with van der Waals surface area (Å²) in [7, 11) is 0. The quantitative estimate of drug-likeness (QED) is 0.339. The van der Waals surface area contributed by atoms with Crippen molar-refractivity contribution in [2.24, 2.45) is 0 Å². The first-order valence-corrected chi connectivity index (χ1v) is 10.5. The molecule has 0 aromatic heterocycles. The highest BCUT2D eigenvalue weighted by molar-refractivity contribution is 6.31. The second-order valence-corrected chi connectivity index (χ2v) is 7.95. The summed E-state index contributed by atoms with van der Waals surface area (Å²) >= 11 is 0. The van der Waals surface area contributed by atoms with E-state index in [1.807, 2.05) is 0 Å². The Hall–Kier alpha value is -4.84. The zero-order valence-corrected chi connectivity index (χ0v) is 17.9. The van der Waals surface area contributed by atoms with Crippen LogP contribution in [0.15, 0.2) is 84.9 Å². The van der Waals surface area contributed by atoms with Gasteiger partial charge in [0.1, 0.15) is 0 Å². The molecule has 6 rings (SSSR count). The van der Waals surface area contributed by atoms with Crippen molar-refractivity contribution < 1.29 is 19.2 Å². The number of rotatable bonds is 0. The molecule has 0 heterocycles. The van der Waals surface area contributed by atoms with Gasteiger partial charge < -0.3 is 11.5 Å². The summed E-state index contributed by atoms with van der Waals surface area (Å²) in [6, 6.07) is 23.7. The molecule has 6 nitrogen and oxygen atoms in total. The average molecular weight is 446 g/mol. The molecule has 0 atom stereocenters. The van der Waals surface area contributed by atoms with Gasteiger partial charge in [-0.25, -0.2) is 0 Å². The molecular weight excluding hydrogens is 428 g/mol. The van der Waals surface area contributed by atoms with Gasteiger partial charge in [0.05, 0.1) is 11.1 Å². The van der Waals surface area contributed by atoms with Crippen LogP contribution in [0.2, 0.25) is 0 Å². The number of nitrogens with two attached hydrogens (primary N) is 2. The van der Waals surface area contributed by atoms with Gasteiger partial charge in [-0.3, -0.25) is 19.2 Å². The summed E-state index contributed by atoms with van der Waals surface area (Å²) in [6.07, 6.45) is 0. The number of benzene rings is 4. The normalized spacial score (nSPS) is 13.2. The van der Waals surface area contributed by atoms with E-state index in [4.69, 9.17) is 11.5 Å². The first-order chi connectivity index (χ1) is 16.4. The summed E-state index contributed by atoms with van der Waals surface area (Å²) in [5.41, 5.74) is 15.4. The van der Waals surface area contributed by atoms with Crippen LogP contribution in [0.1, 0.15) is 63.7 Å². The molecule has 2 aliphatic carbocycles. The highest BCUT2D eigenvalue weighted by Gasteiger charge is 2.32. The molecule has 0 saturated heterocycles. The monoisotopic (exact) mass is 446 g/mol. The Morgan fingerprint density at radius 2 is 0.647 bits per heavy atom. The highest BCUT2D eigenvalue weighted by atomic mass is 16.1. The lowest BCUT2D eigenvalue weighted by Crippen LogP contribution is -2.23. The number of carbonyl (C=O) groups excluding carboxylic acids is 4. The predicted molar refractivity (Wildman–Crippen MR) is 128 cm³/mol. The van der Waals surface area contributed by atoms with E-state index < -0.39 is 0 Å².